The van der Waals surface area contributed by atoms with Crippen molar-refractivity contribution in [3.63, 3.8) is 0 Å². The molecule has 1 aromatic carbocycles. The number of furan rings is 1. The summed E-state index contributed by atoms with van der Waals surface area (Å²) in [5.74, 6) is 2.76. The molecule has 0 atom stereocenters. The Morgan fingerprint density at radius 2 is 1.70 bits per heavy atom. The van der Waals surface area contributed by atoms with Crippen molar-refractivity contribution in [2.75, 3.05) is 36.4 Å². The van der Waals surface area contributed by atoms with Crippen LogP contribution in [0.4, 0.5) is 11.4 Å². The molecule has 0 spiro atoms. The molecular formula is C28H33ClN4O3S. The van der Waals surface area contributed by atoms with Crippen molar-refractivity contribution in [1.29, 1.82) is 0 Å². The first-order valence-electron chi connectivity index (χ1n) is 13.3. The Hall–Kier alpha value is -2.58. The summed E-state index contributed by atoms with van der Waals surface area (Å²) in [4.78, 5) is 29.4. The molecule has 2 N–H and O–H groups in total. The maximum absolute atomic E-state index is 12.9. The van der Waals surface area contributed by atoms with Gasteiger partial charge in [-0.1, -0.05) is 11.6 Å². The van der Waals surface area contributed by atoms with E-state index >= 15 is 0 Å². The second kappa shape index (κ2) is 9.95. The molecule has 1 saturated heterocycles. The van der Waals surface area contributed by atoms with Crippen molar-refractivity contribution < 1.29 is 14.0 Å². The lowest BCUT2D eigenvalue weighted by atomic mass is 9.49. The second-order valence-corrected chi connectivity index (χ2v) is 12.3. The topological polar surface area (TPSA) is 77.8 Å². The highest BCUT2D eigenvalue weighted by molar-refractivity contribution is 7.80. The zero-order chi connectivity index (χ0) is 25.6. The van der Waals surface area contributed by atoms with Gasteiger partial charge in [0.25, 0.3) is 5.91 Å². The highest BCUT2D eigenvalue weighted by Crippen LogP contribution is 2.61. The number of hydrogen-bond donors (Lipinski definition) is 2. The van der Waals surface area contributed by atoms with E-state index in [1.54, 1.807) is 17.0 Å². The van der Waals surface area contributed by atoms with E-state index in [-0.39, 0.29) is 17.2 Å². The average molecular weight is 541 g/mol. The van der Waals surface area contributed by atoms with Crippen LogP contribution in [-0.2, 0) is 4.79 Å². The van der Waals surface area contributed by atoms with Gasteiger partial charge in [-0.3, -0.25) is 9.59 Å². The number of anilines is 2. The second-order valence-electron chi connectivity index (χ2n) is 11.5. The van der Waals surface area contributed by atoms with E-state index in [0.29, 0.717) is 48.5 Å². The molecule has 37 heavy (non-hydrogen) atoms. The third-order valence-corrected chi connectivity index (χ3v) is 9.31. The minimum absolute atomic E-state index is 0.0177. The van der Waals surface area contributed by atoms with Crippen LogP contribution in [0.5, 0.6) is 0 Å². The number of carbonyl (C=O) groups excluding carboxylic acids is 2. The molecule has 2 amide bonds. The molecule has 7 rings (SSSR count). The molecule has 5 fully saturated rings. The Bertz CT molecular complexity index is 1160. The Balaban J connectivity index is 1.01. The maximum atomic E-state index is 12.9. The molecule has 9 heteroatoms. The van der Waals surface area contributed by atoms with Gasteiger partial charge in [0.15, 0.2) is 10.9 Å². The average Bonchev–Trinajstić information content (AvgIpc) is 3.37. The summed E-state index contributed by atoms with van der Waals surface area (Å²) < 4.78 is 5.24. The van der Waals surface area contributed by atoms with Crippen LogP contribution in [0, 0.1) is 23.2 Å². The van der Waals surface area contributed by atoms with Crippen LogP contribution in [0.1, 0.15) is 55.5 Å². The van der Waals surface area contributed by atoms with Crippen LogP contribution in [0.2, 0.25) is 5.02 Å². The molecule has 0 unspecified atom stereocenters. The first-order valence-corrected chi connectivity index (χ1v) is 14.1. The largest absolute Gasteiger partial charge is 0.459 e. The van der Waals surface area contributed by atoms with Crippen LogP contribution in [0.3, 0.4) is 0 Å². The number of hydrogen-bond acceptors (Lipinski definition) is 5. The number of halogens is 1. The van der Waals surface area contributed by atoms with E-state index in [1.807, 2.05) is 18.2 Å². The van der Waals surface area contributed by atoms with Crippen LogP contribution in [0.25, 0.3) is 0 Å². The van der Waals surface area contributed by atoms with Gasteiger partial charge in [-0.15, -0.1) is 0 Å². The number of carbonyl (C=O) groups is 2. The smallest absolute Gasteiger partial charge is 0.289 e. The highest BCUT2D eigenvalue weighted by atomic mass is 35.5. The number of benzene rings is 1. The van der Waals surface area contributed by atoms with Gasteiger partial charge in [0, 0.05) is 38.3 Å². The lowest BCUT2D eigenvalue weighted by Crippen LogP contribution is -2.48. The monoisotopic (exact) mass is 540 g/mol. The predicted octanol–water partition coefficient (Wildman–Crippen LogP) is 5.31. The molecule has 7 nitrogen and oxygen atoms in total. The lowest BCUT2D eigenvalue weighted by Gasteiger charge is -2.56. The normalized spacial score (nSPS) is 28.3. The van der Waals surface area contributed by atoms with Gasteiger partial charge in [0.05, 0.1) is 17.0 Å². The quantitative estimate of drug-likeness (QED) is 0.500. The molecule has 4 saturated carbocycles. The Kier molecular flexibility index (Phi) is 6.65. The number of amides is 2. The first kappa shape index (κ1) is 24.7. The molecule has 2 heterocycles. The summed E-state index contributed by atoms with van der Waals surface area (Å²) in [5, 5.41) is 6.94. The Morgan fingerprint density at radius 3 is 2.30 bits per heavy atom. The number of rotatable bonds is 5. The highest BCUT2D eigenvalue weighted by Gasteiger charge is 2.51. The minimum atomic E-state index is -0.0888. The molecule has 2 aromatic rings. The van der Waals surface area contributed by atoms with Gasteiger partial charge < -0.3 is 24.9 Å². The molecule has 4 bridgehead atoms. The van der Waals surface area contributed by atoms with Crippen molar-refractivity contribution >= 4 is 52.1 Å². The molecular weight excluding hydrogens is 508 g/mol. The van der Waals surface area contributed by atoms with Crippen molar-refractivity contribution in [2.45, 2.75) is 44.9 Å². The fourth-order valence-electron chi connectivity index (χ4n) is 7.73. The SMILES string of the molecule is O=C(CC12CC3CC(CC(C3)C1)C2)NC(=S)Nc1ccc(N2CCN(C(=O)c3ccco3)CC2)c(Cl)c1. The lowest BCUT2D eigenvalue weighted by molar-refractivity contribution is -0.127. The van der Waals surface area contributed by atoms with E-state index in [2.05, 4.69) is 15.5 Å². The molecule has 196 valence electrons. The minimum Gasteiger partial charge on any atom is -0.459 e. The first-order chi connectivity index (χ1) is 17.9. The summed E-state index contributed by atoms with van der Waals surface area (Å²) in [6, 6.07) is 9.11. The molecule has 4 aliphatic carbocycles. The molecule has 0 radical (unpaired) electrons. The maximum Gasteiger partial charge on any atom is 0.289 e. The number of nitrogens with one attached hydrogen (secondary N) is 2. The molecule has 5 aliphatic rings. The van der Waals surface area contributed by atoms with Crippen molar-refractivity contribution in [2.24, 2.45) is 23.2 Å². The van der Waals surface area contributed by atoms with Crippen LogP contribution in [-0.4, -0.2) is 48.0 Å². The van der Waals surface area contributed by atoms with Crippen molar-refractivity contribution in [1.82, 2.24) is 10.2 Å². The summed E-state index contributed by atoms with van der Waals surface area (Å²) in [6.45, 7) is 2.54. The van der Waals surface area contributed by atoms with Gasteiger partial charge in [-0.05, 0) is 104 Å². The predicted molar refractivity (Wildman–Crippen MR) is 148 cm³/mol. The third kappa shape index (κ3) is 5.23. The van der Waals surface area contributed by atoms with Gasteiger partial charge in [0.2, 0.25) is 5.91 Å². The van der Waals surface area contributed by atoms with Gasteiger partial charge in [0.1, 0.15) is 0 Å². The zero-order valence-corrected chi connectivity index (χ0v) is 22.5. The molecule has 1 aromatic heterocycles. The number of thiocarbonyl (C=S) groups is 1. The van der Waals surface area contributed by atoms with E-state index in [1.165, 1.54) is 44.8 Å². The van der Waals surface area contributed by atoms with Gasteiger partial charge >= 0.3 is 0 Å². The third-order valence-electron chi connectivity index (χ3n) is 8.80. The number of piperazine rings is 1. The summed E-state index contributed by atoms with van der Waals surface area (Å²) in [7, 11) is 0. The van der Waals surface area contributed by atoms with E-state index in [0.717, 1.165) is 29.1 Å². The van der Waals surface area contributed by atoms with Crippen molar-refractivity contribution in [3.05, 3.63) is 47.4 Å². The molecule has 1 aliphatic heterocycles. The van der Waals surface area contributed by atoms with Crippen molar-refractivity contribution in [3.8, 4) is 0 Å². The van der Waals surface area contributed by atoms with Crippen LogP contribution in [0.15, 0.2) is 41.0 Å². The van der Waals surface area contributed by atoms with E-state index < -0.39 is 0 Å². The van der Waals surface area contributed by atoms with Crippen LogP contribution >= 0.6 is 23.8 Å². The van der Waals surface area contributed by atoms with E-state index in [4.69, 9.17) is 28.2 Å². The number of nitrogens with zero attached hydrogens (tertiary/aromatic N) is 2. The van der Waals surface area contributed by atoms with E-state index in [9.17, 15) is 9.59 Å². The summed E-state index contributed by atoms with van der Waals surface area (Å²) in [5.41, 5.74) is 1.83. The Morgan fingerprint density at radius 1 is 1.03 bits per heavy atom. The summed E-state index contributed by atoms with van der Waals surface area (Å²) in [6.07, 6.45) is 9.81. The van der Waals surface area contributed by atoms with Gasteiger partial charge in [-0.2, -0.15) is 0 Å². The fraction of sp³-hybridized carbons (Fsp3) is 0.536. The standard InChI is InChI=1S/C28H33ClN4O3S/c29-22-13-21(3-4-23(22)32-5-7-33(8-6-32)26(35)24-2-1-9-36-24)30-27(37)31-25(34)17-28-14-18-10-19(15-28)12-20(11-18)16-28/h1-4,9,13,18-20H,5-8,10-12,14-17H2,(H2,30,31,34,37). The zero-order valence-electron chi connectivity index (χ0n) is 20.9. The van der Waals surface area contributed by atoms with Crippen LogP contribution < -0.4 is 15.5 Å². The Labute approximate surface area is 227 Å². The van der Waals surface area contributed by atoms with Gasteiger partial charge in [-0.25, -0.2) is 0 Å². The summed E-state index contributed by atoms with van der Waals surface area (Å²) >= 11 is 12.1. The fourth-order valence-corrected chi connectivity index (χ4v) is 8.26.